The van der Waals surface area contributed by atoms with E-state index in [4.69, 9.17) is 4.74 Å². The predicted molar refractivity (Wildman–Crippen MR) is 74.7 cm³/mol. The molecule has 0 saturated heterocycles. The average Bonchev–Trinajstić information content (AvgIpc) is 2.39. The number of ether oxygens (including phenoxy) is 1. The Labute approximate surface area is 112 Å². The molecule has 0 bridgehead atoms. The third kappa shape index (κ3) is 3.10. The van der Waals surface area contributed by atoms with Crippen molar-refractivity contribution in [3.8, 4) is 5.75 Å². The van der Waals surface area contributed by atoms with Crippen LogP contribution < -0.4 is 10.1 Å². The number of pyridine rings is 1. The Hall–Kier alpha value is -2.36. The normalized spacial score (nSPS) is 10.1. The molecular weight excluding hydrogens is 240 g/mol. The number of hydrogen-bond acceptors (Lipinski definition) is 3. The van der Waals surface area contributed by atoms with Gasteiger partial charge < -0.3 is 10.1 Å². The lowest BCUT2D eigenvalue weighted by Crippen LogP contribution is -2.13. The maximum Gasteiger partial charge on any atom is 0.255 e. The zero-order chi connectivity index (χ0) is 13.8. The minimum atomic E-state index is -0.172. The summed E-state index contributed by atoms with van der Waals surface area (Å²) in [4.78, 5) is 16.2. The van der Waals surface area contributed by atoms with Gasteiger partial charge in [0.2, 0.25) is 0 Å². The highest BCUT2D eigenvalue weighted by molar-refractivity contribution is 6.05. The summed E-state index contributed by atoms with van der Waals surface area (Å²) < 4.78 is 5.23. The zero-order valence-electron chi connectivity index (χ0n) is 11.2. The fourth-order valence-corrected chi connectivity index (χ4v) is 1.80. The second-order valence-electron chi connectivity index (χ2n) is 4.34. The smallest absolute Gasteiger partial charge is 0.255 e. The van der Waals surface area contributed by atoms with Gasteiger partial charge in [0.05, 0.1) is 12.8 Å². The van der Waals surface area contributed by atoms with Gasteiger partial charge >= 0.3 is 0 Å². The molecule has 19 heavy (non-hydrogen) atoms. The highest BCUT2D eigenvalue weighted by atomic mass is 16.5. The lowest BCUT2D eigenvalue weighted by atomic mass is 10.2. The third-order valence-electron chi connectivity index (χ3n) is 2.76. The number of hydrogen-bond donors (Lipinski definition) is 1. The number of aryl methyl sites for hydroxylation is 2. The number of methoxy groups -OCH3 is 1. The molecule has 0 aliphatic rings. The van der Waals surface area contributed by atoms with Crippen molar-refractivity contribution in [2.45, 2.75) is 13.8 Å². The van der Waals surface area contributed by atoms with E-state index >= 15 is 0 Å². The number of carbonyl (C=O) groups excluding carboxylic acids is 1. The molecule has 1 heterocycles. The van der Waals surface area contributed by atoms with Gasteiger partial charge in [0.1, 0.15) is 5.75 Å². The molecule has 1 N–H and O–H groups in total. The van der Waals surface area contributed by atoms with E-state index in [1.54, 1.807) is 25.4 Å². The van der Waals surface area contributed by atoms with Crippen LogP contribution in [0.2, 0.25) is 0 Å². The molecule has 0 unspecified atom stereocenters. The van der Waals surface area contributed by atoms with Gasteiger partial charge in [-0.05, 0) is 43.7 Å². The van der Waals surface area contributed by atoms with Crippen LogP contribution in [-0.2, 0) is 0 Å². The van der Waals surface area contributed by atoms with Crippen LogP contribution >= 0.6 is 0 Å². The van der Waals surface area contributed by atoms with Crippen molar-refractivity contribution in [1.82, 2.24) is 4.98 Å². The molecule has 0 aliphatic heterocycles. The first-order valence-electron chi connectivity index (χ1n) is 5.99. The number of nitrogens with one attached hydrogen (secondary N) is 1. The standard InChI is InChI=1S/C15H16N2O2/c1-10-4-5-14(19-3)13(8-10)17-15(18)12-6-7-16-11(2)9-12/h4-9H,1-3H3,(H,17,18). The van der Waals surface area contributed by atoms with Crippen LogP contribution in [0.1, 0.15) is 21.6 Å². The quantitative estimate of drug-likeness (QED) is 0.918. The molecule has 0 saturated carbocycles. The molecule has 0 spiro atoms. The van der Waals surface area contributed by atoms with Gasteiger partial charge in [0.25, 0.3) is 5.91 Å². The van der Waals surface area contributed by atoms with Crippen molar-refractivity contribution in [2.24, 2.45) is 0 Å². The fourth-order valence-electron chi connectivity index (χ4n) is 1.80. The topological polar surface area (TPSA) is 51.2 Å². The van der Waals surface area contributed by atoms with Crippen molar-refractivity contribution < 1.29 is 9.53 Å². The molecule has 0 aliphatic carbocycles. The lowest BCUT2D eigenvalue weighted by Gasteiger charge is -2.11. The third-order valence-corrected chi connectivity index (χ3v) is 2.76. The summed E-state index contributed by atoms with van der Waals surface area (Å²) in [7, 11) is 1.58. The van der Waals surface area contributed by atoms with E-state index in [1.807, 2.05) is 32.0 Å². The first-order valence-corrected chi connectivity index (χ1v) is 5.99. The van der Waals surface area contributed by atoms with Crippen LogP contribution in [0.5, 0.6) is 5.75 Å². The highest BCUT2D eigenvalue weighted by Crippen LogP contribution is 2.25. The molecule has 98 valence electrons. The molecule has 2 aromatic rings. The Morgan fingerprint density at radius 3 is 2.68 bits per heavy atom. The summed E-state index contributed by atoms with van der Waals surface area (Å²) in [5.74, 6) is 0.471. The van der Waals surface area contributed by atoms with E-state index in [9.17, 15) is 4.79 Å². The predicted octanol–water partition coefficient (Wildman–Crippen LogP) is 2.96. The van der Waals surface area contributed by atoms with E-state index in [0.717, 1.165) is 11.3 Å². The minimum absolute atomic E-state index is 0.172. The monoisotopic (exact) mass is 256 g/mol. The van der Waals surface area contributed by atoms with Crippen molar-refractivity contribution in [3.63, 3.8) is 0 Å². The minimum Gasteiger partial charge on any atom is -0.495 e. The number of benzene rings is 1. The van der Waals surface area contributed by atoms with Crippen LogP contribution in [-0.4, -0.2) is 18.0 Å². The molecule has 0 radical (unpaired) electrons. The van der Waals surface area contributed by atoms with Gasteiger partial charge in [-0.15, -0.1) is 0 Å². The SMILES string of the molecule is COc1ccc(C)cc1NC(=O)c1ccnc(C)c1. The number of rotatable bonds is 3. The first kappa shape index (κ1) is 13.1. The molecule has 1 amide bonds. The summed E-state index contributed by atoms with van der Waals surface area (Å²) in [5.41, 5.74) is 3.11. The Morgan fingerprint density at radius 2 is 2.00 bits per heavy atom. The largest absolute Gasteiger partial charge is 0.495 e. The van der Waals surface area contributed by atoms with Crippen molar-refractivity contribution in [2.75, 3.05) is 12.4 Å². The maximum atomic E-state index is 12.2. The lowest BCUT2D eigenvalue weighted by molar-refractivity contribution is 0.102. The van der Waals surface area contributed by atoms with Gasteiger partial charge in [-0.3, -0.25) is 9.78 Å². The van der Waals surface area contributed by atoms with Gasteiger partial charge in [-0.25, -0.2) is 0 Å². The summed E-state index contributed by atoms with van der Waals surface area (Å²) >= 11 is 0. The molecule has 1 aromatic heterocycles. The van der Waals surface area contributed by atoms with Crippen LogP contribution in [0.15, 0.2) is 36.5 Å². The van der Waals surface area contributed by atoms with Gasteiger partial charge in [0.15, 0.2) is 0 Å². The Kier molecular flexibility index (Phi) is 3.80. The van der Waals surface area contributed by atoms with E-state index in [0.29, 0.717) is 17.0 Å². The van der Waals surface area contributed by atoms with Crippen LogP contribution in [0, 0.1) is 13.8 Å². The Morgan fingerprint density at radius 1 is 1.21 bits per heavy atom. The molecule has 4 heteroatoms. The molecule has 4 nitrogen and oxygen atoms in total. The average molecular weight is 256 g/mol. The number of aromatic nitrogens is 1. The summed E-state index contributed by atoms with van der Waals surface area (Å²) in [6.45, 7) is 3.82. The van der Waals surface area contributed by atoms with Gasteiger partial charge in [-0.2, -0.15) is 0 Å². The molecule has 0 fully saturated rings. The van der Waals surface area contributed by atoms with E-state index < -0.39 is 0 Å². The second kappa shape index (κ2) is 5.52. The zero-order valence-corrected chi connectivity index (χ0v) is 11.2. The highest BCUT2D eigenvalue weighted by Gasteiger charge is 2.10. The maximum absolute atomic E-state index is 12.2. The second-order valence-corrected chi connectivity index (χ2v) is 4.34. The molecule has 0 atom stereocenters. The van der Waals surface area contributed by atoms with E-state index in [2.05, 4.69) is 10.3 Å². The van der Waals surface area contributed by atoms with E-state index in [1.165, 1.54) is 0 Å². The van der Waals surface area contributed by atoms with Crippen LogP contribution in [0.4, 0.5) is 5.69 Å². The van der Waals surface area contributed by atoms with Crippen LogP contribution in [0.25, 0.3) is 0 Å². The number of nitrogens with zero attached hydrogens (tertiary/aromatic N) is 1. The molecular formula is C15H16N2O2. The van der Waals surface area contributed by atoms with Crippen molar-refractivity contribution in [3.05, 3.63) is 53.3 Å². The Bertz CT molecular complexity index is 609. The molecule has 2 rings (SSSR count). The summed E-state index contributed by atoms with van der Waals surface area (Å²) in [5, 5.41) is 2.85. The number of anilines is 1. The van der Waals surface area contributed by atoms with E-state index in [-0.39, 0.29) is 5.91 Å². The summed E-state index contributed by atoms with van der Waals surface area (Å²) in [6, 6.07) is 9.08. The summed E-state index contributed by atoms with van der Waals surface area (Å²) in [6.07, 6.45) is 1.62. The molecule has 1 aromatic carbocycles. The Balaban J connectivity index is 2.26. The van der Waals surface area contributed by atoms with Gasteiger partial charge in [-0.1, -0.05) is 6.07 Å². The van der Waals surface area contributed by atoms with Crippen molar-refractivity contribution in [1.29, 1.82) is 0 Å². The number of amides is 1. The first-order chi connectivity index (χ1) is 9.10. The fraction of sp³-hybridized carbons (Fsp3) is 0.200. The number of carbonyl (C=O) groups is 1. The van der Waals surface area contributed by atoms with Crippen molar-refractivity contribution >= 4 is 11.6 Å². The van der Waals surface area contributed by atoms with Gasteiger partial charge in [0, 0.05) is 17.5 Å². The van der Waals surface area contributed by atoms with Crippen LogP contribution in [0.3, 0.4) is 0 Å².